The molecular formula is C17H19F2NO3. The van der Waals surface area contributed by atoms with Crippen molar-refractivity contribution in [1.82, 2.24) is 4.90 Å². The number of benzene rings is 1. The Balaban J connectivity index is 1.68. The van der Waals surface area contributed by atoms with Crippen LogP contribution >= 0.6 is 0 Å². The Morgan fingerprint density at radius 3 is 2.70 bits per heavy atom. The Bertz CT molecular complexity index is 663. The summed E-state index contributed by atoms with van der Waals surface area (Å²) in [5.41, 5.74) is -0.277. The minimum absolute atomic E-state index is 0.0769. The van der Waals surface area contributed by atoms with Gasteiger partial charge in [0.15, 0.2) is 11.6 Å². The predicted octanol–water partition coefficient (Wildman–Crippen LogP) is 2.78. The van der Waals surface area contributed by atoms with Crippen molar-refractivity contribution in [2.45, 2.75) is 32.1 Å². The number of piperidine rings is 1. The number of carboxylic acids is 1. The fourth-order valence-corrected chi connectivity index (χ4v) is 3.42. The topological polar surface area (TPSA) is 57.6 Å². The van der Waals surface area contributed by atoms with Gasteiger partial charge in [0, 0.05) is 19.0 Å². The van der Waals surface area contributed by atoms with E-state index in [0.717, 1.165) is 12.1 Å². The maximum Gasteiger partial charge on any atom is 0.311 e. The standard InChI is InChI=1S/C17H19F2NO3/c1-17(16(22)23)5-2-6-20(9-17)15(21)12-8-11(12)10-3-4-13(18)14(19)7-10/h3-4,7,11-12H,2,5-6,8-9H2,1H3,(H,22,23). The Labute approximate surface area is 133 Å². The number of aliphatic carboxylic acids is 1. The van der Waals surface area contributed by atoms with Crippen LogP contribution in [0, 0.1) is 23.0 Å². The zero-order valence-corrected chi connectivity index (χ0v) is 12.9. The zero-order valence-electron chi connectivity index (χ0n) is 12.9. The van der Waals surface area contributed by atoms with E-state index < -0.39 is 23.0 Å². The molecule has 6 heteroatoms. The van der Waals surface area contributed by atoms with Gasteiger partial charge in [-0.15, -0.1) is 0 Å². The van der Waals surface area contributed by atoms with E-state index in [4.69, 9.17) is 0 Å². The van der Waals surface area contributed by atoms with Gasteiger partial charge in [0.1, 0.15) is 0 Å². The Kier molecular flexibility index (Phi) is 3.86. The monoisotopic (exact) mass is 323 g/mol. The summed E-state index contributed by atoms with van der Waals surface area (Å²) in [5, 5.41) is 9.32. The van der Waals surface area contributed by atoms with Crippen LogP contribution in [0.4, 0.5) is 8.78 Å². The summed E-state index contributed by atoms with van der Waals surface area (Å²) in [5.74, 6) is -3.12. The summed E-state index contributed by atoms with van der Waals surface area (Å²) < 4.78 is 26.3. The van der Waals surface area contributed by atoms with Gasteiger partial charge >= 0.3 is 5.97 Å². The van der Waals surface area contributed by atoms with Gasteiger partial charge in [0.25, 0.3) is 0 Å². The highest BCUT2D eigenvalue weighted by Gasteiger charge is 2.48. The number of carboxylic acid groups (broad SMARTS) is 1. The lowest BCUT2D eigenvalue weighted by Crippen LogP contribution is -2.49. The number of likely N-dealkylation sites (tertiary alicyclic amines) is 1. The molecule has 2 aliphatic rings. The second-order valence-electron chi connectivity index (χ2n) is 6.85. The van der Waals surface area contributed by atoms with Crippen molar-refractivity contribution in [2.24, 2.45) is 11.3 Å². The molecule has 4 nitrogen and oxygen atoms in total. The second kappa shape index (κ2) is 5.58. The molecule has 1 heterocycles. The van der Waals surface area contributed by atoms with Gasteiger partial charge in [0.2, 0.25) is 5.91 Å². The number of rotatable bonds is 3. The quantitative estimate of drug-likeness (QED) is 0.930. The summed E-state index contributed by atoms with van der Waals surface area (Å²) >= 11 is 0. The summed E-state index contributed by atoms with van der Waals surface area (Å²) in [6.45, 7) is 2.43. The van der Waals surface area contributed by atoms with Gasteiger partial charge in [-0.1, -0.05) is 6.07 Å². The van der Waals surface area contributed by atoms with Crippen LogP contribution in [0.15, 0.2) is 18.2 Å². The molecule has 124 valence electrons. The number of halogens is 2. The molecule has 3 rings (SSSR count). The molecule has 1 aromatic rings. The maximum absolute atomic E-state index is 13.3. The lowest BCUT2D eigenvalue weighted by molar-refractivity contribution is -0.153. The van der Waals surface area contributed by atoms with Crippen LogP contribution in [0.25, 0.3) is 0 Å². The van der Waals surface area contributed by atoms with E-state index in [1.54, 1.807) is 11.8 Å². The normalized spacial score (nSPS) is 30.1. The maximum atomic E-state index is 13.3. The van der Waals surface area contributed by atoms with Crippen molar-refractivity contribution < 1.29 is 23.5 Å². The van der Waals surface area contributed by atoms with Crippen LogP contribution in [-0.4, -0.2) is 35.0 Å². The Morgan fingerprint density at radius 1 is 1.30 bits per heavy atom. The third-order valence-electron chi connectivity index (χ3n) is 5.00. The molecule has 3 atom stereocenters. The van der Waals surface area contributed by atoms with Crippen LogP contribution in [0.1, 0.15) is 37.7 Å². The van der Waals surface area contributed by atoms with Crippen LogP contribution in [0.3, 0.4) is 0 Å². The molecule has 1 aliphatic carbocycles. The van der Waals surface area contributed by atoms with Crippen molar-refractivity contribution in [1.29, 1.82) is 0 Å². The predicted molar refractivity (Wildman–Crippen MR) is 78.8 cm³/mol. The van der Waals surface area contributed by atoms with E-state index in [9.17, 15) is 23.5 Å². The van der Waals surface area contributed by atoms with E-state index in [1.165, 1.54) is 6.07 Å². The SMILES string of the molecule is CC1(C(=O)O)CCCN(C(=O)C2CC2c2ccc(F)c(F)c2)C1. The molecule has 23 heavy (non-hydrogen) atoms. The molecule has 3 unspecified atom stereocenters. The van der Waals surface area contributed by atoms with Crippen molar-refractivity contribution in [3.05, 3.63) is 35.4 Å². The number of carbonyl (C=O) groups is 2. The first-order chi connectivity index (χ1) is 10.8. The summed E-state index contributed by atoms with van der Waals surface area (Å²) in [4.78, 5) is 25.6. The van der Waals surface area contributed by atoms with Crippen molar-refractivity contribution >= 4 is 11.9 Å². The molecule has 1 aromatic carbocycles. The van der Waals surface area contributed by atoms with Gasteiger partial charge in [-0.25, -0.2) is 8.78 Å². The first kappa shape index (κ1) is 15.9. The summed E-state index contributed by atoms with van der Waals surface area (Å²) in [6, 6.07) is 3.73. The second-order valence-corrected chi connectivity index (χ2v) is 6.85. The van der Waals surface area contributed by atoms with Crippen molar-refractivity contribution in [2.75, 3.05) is 13.1 Å². The van der Waals surface area contributed by atoms with E-state index in [-0.39, 0.29) is 24.3 Å². The molecule has 1 amide bonds. The lowest BCUT2D eigenvalue weighted by Gasteiger charge is -2.37. The van der Waals surface area contributed by atoms with Crippen molar-refractivity contribution in [3.8, 4) is 0 Å². The fraction of sp³-hybridized carbons (Fsp3) is 0.529. The Morgan fingerprint density at radius 2 is 2.04 bits per heavy atom. The van der Waals surface area contributed by atoms with Gasteiger partial charge in [0.05, 0.1) is 5.41 Å². The van der Waals surface area contributed by atoms with Crippen LogP contribution < -0.4 is 0 Å². The molecular weight excluding hydrogens is 304 g/mol. The average molecular weight is 323 g/mol. The van der Waals surface area contributed by atoms with E-state index in [1.807, 2.05) is 0 Å². The molecule has 2 fully saturated rings. The molecule has 0 aromatic heterocycles. The number of nitrogens with zero attached hydrogens (tertiary/aromatic N) is 1. The molecule has 1 saturated heterocycles. The first-order valence-electron chi connectivity index (χ1n) is 7.79. The van der Waals surface area contributed by atoms with E-state index >= 15 is 0 Å². The number of carbonyl (C=O) groups excluding carboxylic acids is 1. The van der Waals surface area contributed by atoms with Gasteiger partial charge in [-0.2, -0.15) is 0 Å². The van der Waals surface area contributed by atoms with Gasteiger partial charge in [-0.3, -0.25) is 9.59 Å². The Hall–Kier alpha value is -1.98. The zero-order chi connectivity index (χ0) is 16.8. The average Bonchev–Trinajstić information content (AvgIpc) is 3.30. The van der Waals surface area contributed by atoms with Crippen LogP contribution in [0.5, 0.6) is 0 Å². The number of hydrogen-bond acceptors (Lipinski definition) is 2. The third-order valence-corrected chi connectivity index (χ3v) is 5.00. The summed E-state index contributed by atoms with van der Waals surface area (Å²) in [6.07, 6.45) is 1.82. The van der Waals surface area contributed by atoms with E-state index in [0.29, 0.717) is 31.4 Å². The highest BCUT2D eigenvalue weighted by Crippen LogP contribution is 2.49. The molecule has 0 radical (unpaired) electrons. The smallest absolute Gasteiger partial charge is 0.311 e. The van der Waals surface area contributed by atoms with Crippen LogP contribution in [0.2, 0.25) is 0 Å². The molecule has 1 N–H and O–H groups in total. The molecule has 1 aliphatic heterocycles. The van der Waals surface area contributed by atoms with Crippen molar-refractivity contribution in [3.63, 3.8) is 0 Å². The minimum atomic E-state index is -0.906. The minimum Gasteiger partial charge on any atom is -0.481 e. The van der Waals surface area contributed by atoms with Gasteiger partial charge in [-0.05, 0) is 49.8 Å². The largest absolute Gasteiger partial charge is 0.481 e. The lowest BCUT2D eigenvalue weighted by atomic mass is 9.82. The number of hydrogen-bond donors (Lipinski definition) is 1. The highest BCUT2D eigenvalue weighted by molar-refractivity contribution is 5.84. The fourth-order valence-electron chi connectivity index (χ4n) is 3.42. The molecule has 0 spiro atoms. The third kappa shape index (κ3) is 2.94. The molecule has 1 saturated carbocycles. The number of amides is 1. The molecule has 0 bridgehead atoms. The van der Waals surface area contributed by atoms with E-state index in [2.05, 4.69) is 0 Å². The van der Waals surface area contributed by atoms with Gasteiger partial charge < -0.3 is 10.0 Å². The highest BCUT2D eigenvalue weighted by atomic mass is 19.2. The first-order valence-corrected chi connectivity index (χ1v) is 7.79. The van der Waals surface area contributed by atoms with Crippen LogP contribution in [-0.2, 0) is 9.59 Å². The summed E-state index contributed by atoms with van der Waals surface area (Å²) in [7, 11) is 0.